The number of hydrogen-bond acceptors (Lipinski definition) is 5. The van der Waals surface area contributed by atoms with Gasteiger partial charge in [-0.15, -0.1) is 0 Å². The van der Waals surface area contributed by atoms with Crippen LogP contribution in [0.15, 0.2) is 34.9 Å². The van der Waals surface area contributed by atoms with Gasteiger partial charge in [0.1, 0.15) is 0 Å². The Hall–Kier alpha value is -2.96. The zero-order valence-electron chi connectivity index (χ0n) is 15.4. The number of para-hydroxylation sites is 1. The van der Waals surface area contributed by atoms with Gasteiger partial charge < -0.3 is 15.2 Å². The first-order valence-electron chi connectivity index (χ1n) is 9.02. The number of Topliss-reactive ketones (excluding diaryl/α,β-unsaturated/α-hetero) is 1. The van der Waals surface area contributed by atoms with Crippen molar-refractivity contribution < 1.29 is 18.9 Å². The number of anilines is 1. The molecule has 3 atom stereocenters. The molecule has 4 rings (SSSR count). The molecule has 1 aliphatic heterocycles. The summed E-state index contributed by atoms with van der Waals surface area (Å²) >= 11 is 0. The van der Waals surface area contributed by atoms with E-state index in [0.29, 0.717) is 17.0 Å². The predicted octanol–water partition coefficient (Wildman–Crippen LogP) is 2.50. The van der Waals surface area contributed by atoms with Crippen LogP contribution >= 0.6 is 0 Å². The minimum atomic E-state index is -1.02. The standard InChI is InChI=1S/C20H21N3O4/c1-10(2)14-8-11(27-23-14)9-21-18(25)15-16-19(26)22-13-7-5-4-6-12(13)17(24)20(15,16)3/h4-8,10,15-16H,9H2,1-3H3,(H,21,25)(H,22,26)/t15-,16+,20+/m0/s1. The van der Waals surface area contributed by atoms with Crippen LogP contribution in [-0.2, 0) is 16.1 Å². The zero-order valence-corrected chi connectivity index (χ0v) is 15.4. The number of amides is 2. The summed E-state index contributed by atoms with van der Waals surface area (Å²) in [5, 5.41) is 9.51. The number of carbonyl (C=O) groups is 3. The Kier molecular flexibility index (Phi) is 3.91. The molecule has 0 unspecified atom stereocenters. The van der Waals surface area contributed by atoms with E-state index in [-0.39, 0.29) is 30.1 Å². The molecule has 2 N–H and O–H groups in total. The highest BCUT2D eigenvalue weighted by atomic mass is 16.5. The van der Waals surface area contributed by atoms with Gasteiger partial charge in [0.15, 0.2) is 11.5 Å². The number of rotatable bonds is 4. The molecule has 2 heterocycles. The van der Waals surface area contributed by atoms with Crippen molar-refractivity contribution in [2.45, 2.75) is 33.2 Å². The van der Waals surface area contributed by atoms with Crippen LogP contribution in [0.25, 0.3) is 0 Å². The predicted molar refractivity (Wildman–Crippen MR) is 96.9 cm³/mol. The van der Waals surface area contributed by atoms with Gasteiger partial charge in [0.05, 0.1) is 35.2 Å². The fraction of sp³-hybridized carbons (Fsp3) is 0.400. The molecule has 2 aromatic rings. The first-order chi connectivity index (χ1) is 12.8. The lowest BCUT2D eigenvalue weighted by molar-refractivity contribution is -0.125. The van der Waals surface area contributed by atoms with Gasteiger partial charge in [-0.3, -0.25) is 14.4 Å². The Balaban J connectivity index is 1.51. The molecular formula is C20H21N3O4. The third kappa shape index (κ3) is 2.65. The monoisotopic (exact) mass is 367 g/mol. The van der Waals surface area contributed by atoms with Crippen LogP contribution in [0.4, 0.5) is 5.69 Å². The average molecular weight is 367 g/mol. The van der Waals surface area contributed by atoms with Gasteiger partial charge in [0.25, 0.3) is 0 Å². The van der Waals surface area contributed by atoms with E-state index in [4.69, 9.17) is 4.52 Å². The maximum Gasteiger partial charge on any atom is 0.229 e. The minimum Gasteiger partial charge on any atom is -0.359 e. The smallest absolute Gasteiger partial charge is 0.229 e. The van der Waals surface area contributed by atoms with Crippen LogP contribution in [0.5, 0.6) is 0 Å². The van der Waals surface area contributed by atoms with E-state index in [0.717, 1.165) is 5.69 Å². The molecule has 1 fully saturated rings. The Morgan fingerprint density at radius 1 is 1.33 bits per heavy atom. The van der Waals surface area contributed by atoms with Gasteiger partial charge in [-0.2, -0.15) is 0 Å². The summed E-state index contributed by atoms with van der Waals surface area (Å²) in [6.07, 6.45) is 0. The van der Waals surface area contributed by atoms with E-state index >= 15 is 0 Å². The van der Waals surface area contributed by atoms with Gasteiger partial charge in [0, 0.05) is 11.6 Å². The first-order valence-corrected chi connectivity index (χ1v) is 9.02. The number of ketones is 1. The summed E-state index contributed by atoms with van der Waals surface area (Å²) in [6.45, 7) is 5.86. The highest BCUT2D eigenvalue weighted by Gasteiger charge is 2.73. The normalized spacial score (nSPS) is 26.1. The number of nitrogens with zero attached hydrogens (tertiary/aromatic N) is 1. The second-order valence-corrected chi connectivity index (χ2v) is 7.69. The van der Waals surface area contributed by atoms with Gasteiger partial charge in [-0.1, -0.05) is 38.1 Å². The molecular weight excluding hydrogens is 346 g/mol. The van der Waals surface area contributed by atoms with Crippen molar-refractivity contribution in [1.82, 2.24) is 10.5 Å². The number of aromatic nitrogens is 1. The van der Waals surface area contributed by atoms with Crippen LogP contribution in [0.2, 0.25) is 0 Å². The largest absolute Gasteiger partial charge is 0.359 e. The maximum atomic E-state index is 13.0. The fourth-order valence-electron chi connectivity index (χ4n) is 3.90. The molecule has 7 heteroatoms. The molecule has 1 aliphatic carbocycles. The minimum absolute atomic E-state index is 0.171. The van der Waals surface area contributed by atoms with E-state index in [2.05, 4.69) is 15.8 Å². The molecule has 1 aromatic carbocycles. The highest BCUT2D eigenvalue weighted by molar-refractivity contribution is 6.19. The lowest BCUT2D eigenvalue weighted by Gasteiger charge is -2.12. The van der Waals surface area contributed by atoms with Crippen molar-refractivity contribution in [3.8, 4) is 0 Å². The Morgan fingerprint density at radius 2 is 2.07 bits per heavy atom. The molecule has 7 nitrogen and oxygen atoms in total. The van der Waals surface area contributed by atoms with E-state index in [9.17, 15) is 14.4 Å². The third-order valence-corrected chi connectivity index (χ3v) is 5.61. The second kappa shape index (κ2) is 6.04. The average Bonchev–Trinajstić information content (AvgIpc) is 3.05. The maximum absolute atomic E-state index is 13.0. The summed E-state index contributed by atoms with van der Waals surface area (Å²) in [5.74, 6) is -1.38. The van der Waals surface area contributed by atoms with Gasteiger partial charge in [-0.05, 0) is 18.1 Å². The molecule has 1 aromatic heterocycles. The van der Waals surface area contributed by atoms with E-state index in [1.54, 1.807) is 37.3 Å². The number of benzene rings is 1. The molecule has 140 valence electrons. The summed E-state index contributed by atoms with van der Waals surface area (Å²) in [7, 11) is 0. The number of carbonyl (C=O) groups excluding carboxylic acids is 3. The van der Waals surface area contributed by atoms with Gasteiger partial charge in [0.2, 0.25) is 11.8 Å². The van der Waals surface area contributed by atoms with E-state index in [1.165, 1.54) is 0 Å². The van der Waals surface area contributed by atoms with Crippen molar-refractivity contribution in [3.63, 3.8) is 0 Å². The van der Waals surface area contributed by atoms with Crippen molar-refractivity contribution in [2.24, 2.45) is 17.3 Å². The lowest BCUT2D eigenvalue weighted by atomic mass is 9.92. The van der Waals surface area contributed by atoms with E-state index < -0.39 is 17.3 Å². The summed E-state index contributed by atoms with van der Waals surface area (Å²) < 4.78 is 5.22. The van der Waals surface area contributed by atoms with E-state index in [1.807, 2.05) is 13.8 Å². The number of hydrogen-bond donors (Lipinski definition) is 2. The number of nitrogens with one attached hydrogen (secondary N) is 2. The molecule has 0 saturated heterocycles. The molecule has 0 spiro atoms. The zero-order chi connectivity index (χ0) is 19.3. The van der Waals surface area contributed by atoms with Crippen LogP contribution in [-0.4, -0.2) is 22.8 Å². The van der Waals surface area contributed by atoms with Gasteiger partial charge >= 0.3 is 0 Å². The van der Waals surface area contributed by atoms with Gasteiger partial charge in [-0.25, -0.2) is 0 Å². The Labute approximate surface area is 156 Å². The lowest BCUT2D eigenvalue weighted by Crippen LogP contribution is -2.29. The van der Waals surface area contributed by atoms with Crippen LogP contribution < -0.4 is 10.6 Å². The summed E-state index contributed by atoms with van der Waals surface area (Å²) in [4.78, 5) is 38.3. The SMILES string of the molecule is CC(C)c1cc(CNC(=O)[C@@H]2[C@@H]3C(=O)Nc4ccccc4C(=O)[C@]23C)on1. The first kappa shape index (κ1) is 17.5. The summed E-state index contributed by atoms with van der Waals surface area (Å²) in [6, 6.07) is 8.69. The molecule has 27 heavy (non-hydrogen) atoms. The number of fused-ring (bicyclic) bond motifs is 2. The molecule has 2 amide bonds. The Bertz CT molecular complexity index is 948. The summed E-state index contributed by atoms with van der Waals surface area (Å²) in [5.41, 5.74) is 0.741. The topological polar surface area (TPSA) is 101 Å². The molecule has 1 saturated carbocycles. The quantitative estimate of drug-likeness (QED) is 0.865. The van der Waals surface area contributed by atoms with Crippen molar-refractivity contribution in [2.75, 3.05) is 5.32 Å². The second-order valence-electron chi connectivity index (χ2n) is 7.69. The van der Waals surface area contributed by atoms with Crippen molar-refractivity contribution >= 4 is 23.3 Å². The highest BCUT2D eigenvalue weighted by Crippen LogP contribution is 2.62. The van der Waals surface area contributed by atoms with Crippen LogP contribution in [0, 0.1) is 17.3 Å². The molecule has 0 radical (unpaired) electrons. The molecule has 2 aliphatic rings. The fourth-order valence-corrected chi connectivity index (χ4v) is 3.90. The van der Waals surface area contributed by atoms with Crippen LogP contribution in [0.3, 0.4) is 0 Å². The van der Waals surface area contributed by atoms with Crippen LogP contribution in [0.1, 0.15) is 48.5 Å². The van der Waals surface area contributed by atoms with Crippen molar-refractivity contribution in [3.05, 3.63) is 47.3 Å². The van der Waals surface area contributed by atoms with Crippen molar-refractivity contribution in [1.29, 1.82) is 0 Å². The molecule has 0 bridgehead atoms. The Morgan fingerprint density at radius 3 is 2.78 bits per heavy atom. The third-order valence-electron chi connectivity index (χ3n) is 5.61.